The smallest absolute Gasteiger partial charge is 0.259 e. The Morgan fingerprint density at radius 1 is 0.938 bits per heavy atom. The van der Waals surface area contributed by atoms with E-state index in [1.165, 1.54) is 12.8 Å². The molecule has 0 saturated carbocycles. The predicted molar refractivity (Wildman–Crippen MR) is 124 cm³/mol. The van der Waals surface area contributed by atoms with Crippen LogP contribution in [0.15, 0.2) is 48.7 Å². The molecule has 0 unspecified atom stereocenters. The lowest BCUT2D eigenvalue weighted by Gasteiger charge is -2.36. The van der Waals surface area contributed by atoms with Crippen LogP contribution in [-0.4, -0.2) is 73.0 Å². The average Bonchev–Trinajstić information content (AvgIpc) is 2.87. The van der Waals surface area contributed by atoms with Crippen molar-refractivity contribution in [2.75, 3.05) is 51.3 Å². The van der Waals surface area contributed by atoms with Crippen molar-refractivity contribution in [3.63, 3.8) is 0 Å². The molecular weight excluding hydrogens is 404 g/mol. The Kier molecular flexibility index (Phi) is 7.24. The number of rotatable bonds is 6. The number of piperidine rings is 1. The van der Waals surface area contributed by atoms with E-state index in [1.54, 1.807) is 18.3 Å². The number of hydrogen-bond acceptors (Lipinski definition) is 5. The Morgan fingerprint density at radius 2 is 1.66 bits per heavy atom. The maximum absolute atomic E-state index is 12.8. The van der Waals surface area contributed by atoms with Gasteiger partial charge in [0.2, 0.25) is 11.8 Å². The molecule has 4 rings (SSSR count). The maximum Gasteiger partial charge on any atom is 0.259 e. The number of anilines is 1. The van der Waals surface area contributed by atoms with Gasteiger partial charge in [0.1, 0.15) is 5.56 Å². The number of ether oxygens (including phenoxy) is 1. The number of nitrogens with zero attached hydrogens (tertiary/aromatic N) is 4. The molecule has 2 saturated heterocycles. The quantitative estimate of drug-likeness (QED) is 0.696. The number of methoxy groups -OCH3 is 1. The van der Waals surface area contributed by atoms with Gasteiger partial charge in [-0.25, -0.2) is 4.98 Å². The second-order valence-corrected chi connectivity index (χ2v) is 8.54. The van der Waals surface area contributed by atoms with Gasteiger partial charge < -0.3 is 19.4 Å². The van der Waals surface area contributed by atoms with Crippen molar-refractivity contribution >= 4 is 17.5 Å². The first-order valence-electron chi connectivity index (χ1n) is 11.5. The van der Waals surface area contributed by atoms with Crippen LogP contribution in [0.3, 0.4) is 0 Å². The summed E-state index contributed by atoms with van der Waals surface area (Å²) in [6.07, 6.45) is 4.99. The van der Waals surface area contributed by atoms with Crippen molar-refractivity contribution in [3.05, 3.63) is 54.2 Å². The highest BCUT2D eigenvalue weighted by Gasteiger charge is 2.27. The zero-order valence-corrected chi connectivity index (χ0v) is 18.8. The molecule has 7 nitrogen and oxygen atoms in total. The summed E-state index contributed by atoms with van der Waals surface area (Å²) in [6, 6.07) is 13.9. The van der Waals surface area contributed by atoms with Crippen molar-refractivity contribution in [2.45, 2.75) is 25.7 Å². The van der Waals surface area contributed by atoms with E-state index in [1.807, 2.05) is 15.9 Å². The molecule has 2 amide bonds. The van der Waals surface area contributed by atoms with E-state index in [2.05, 4.69) is 34.1 Å². The lowest BCUT2D eigenvalue weighted by Crippen LogP contribution is -2.48. The zero-order chi connectivity index (χ0) is 22.3. The Morgan fingerprint density at radius 3 is 2.34 bits per heavy atom. The van der Waals surface area contributed by atoms with Gasteiger partial charge >= 0.3 is 0 Å². The number of carbonyl (C=O) groups is 2. The molecule has 2 aromatic rings. The summed E-state index contributed by atoms with van der Waals surface area (Å²) in [6.45, 7) is 4.76. The van der Waals surface area contributed by atoms with Crippen LogP contribution >= 0.6 is 0 Å². The Bertz CT molecular complexity index is 904. The number of amides is 2. The fourth-order valence-corrected chi connectivity index (χ4v) is 4.65. The van der Waals surface area contributed by atoms with Gasteiger partial charge in [0.05, 0.1) is 7.11 Å². The Balaban J connectivity index is 1.19. The number of benzene rings is 1. The lowest BCUT2D eigenvalue weighted by molar-refractivity contribution is -0.131. The molecule has 170 valence electrons. The van der Waals surface area contributed by atoms with E-state index < -0.39 is 0 Å². The van der Waals surface area contributed by atoms with Gasteiger partial charge in [-0.2, -0.15) is 0 Å². The first kappa shape index (κ1) is 22.1. The molecule has 1 aromatic carbocycles. The van der Waals surface area contributed by atoms with Crippen LogP contribution in [0.25, 0.3) is 0 Å². The van der Waals surface area contributed by atoms with Gasteiger partial charge in [-0.1, -0.05) is 18.2 Å². The number of para-hydroxylation sites is 1. The van der Waals surface area contributed by atoms with Crippen LogP contribution in [0.1, 0.15) is 36.0 Å². The first-order chi connectivity index (χ1) is 15.7. The van der Waals surface area contributed by atoms with E-state index in [9.17, 15) is 9.59 Å². The summed E-state index contributed by atoms with van der Waals surface area (Å²) in [5.74, 6) is 1.10. The van der Waals surface area contributed by atoms with Gasteiger partial charge in [0.15, 0.2) is 0 Å². The van der Waals surface area contributed by atoms with Crippen LogP contribution in [0.4, 0.5) is 5.69 Å². The summed E-state index contributed by atoms with van der Waals surface area (Å²) in [5, 5.41) is 0. The third-order valence-corrected chi connectivity index (χ3v) is 6.62. The molecule has 2 fully saturated rings. The summed E-state index contributed by atoms with van der Waals surface area (Å²) in [7, 11) is 1.53. The van der Waals surface area contributed by atoms with Crippen LogP contribution in [0.2, 0.25) is 0 Å². The predicted octanol–water partition coefficient (Wildman–Crippen LogP) is 3.07. The largest absolute Gasteiger partial charge is 0.480 e. The molecule has 7 heteroatoms. The van der Waals surface area contributed by atoms with Crippen molar-refractivity contribution in [1.29, 1.82) is 0 Å². The van der Waals surface area contributed by atoms with E-state index in [4.69, 9.17) is 4.74 Å². The zero-order valence-electron chi connectivity index (χ0n) is 18.8. The van der Waals surface area contributed by atoms with Crippen LogP contribution in [0, 0.1) is 5.92 Å². The topological polar surface area (TPSA) is 66.0 Å². The van der Waals surface area contributed by atoms with Crippen LogP contribution in [-0.2, 0) is 4.79 Å². The molecule has 1 aromatic heterocycles. The normalized spacial score (nSPS) is 17.3. The number of aromatic nitrogens is 1. The minimum Gasteiger partial charge on any atom is -0.480 e. The second kappa shape index (κ2) is 10.5. The standard InChI is InChI=1S/C25H32N4O3/c1-32-24-22(8-5-13-26-24)25(31)29-14-11-20(12-15-29)9-10-23(30)28-18-16-27(17-19-28)21-6-3-2-4-7-21/h2-8,13,20H,9-12,14-19H2,1H3. The van der Waals surface area contributed by atoms with Gasteiger partial charge in [0.25, 0.3) is 5.91 Å². The lowest BCUT2D eigenvalue weighted by atomic mass is 9.91. The number of likely N-dealkylation sites (tertiary alicyclic amines) is 1. The monoisotopic (exact) mass is 436 g/mol. The summed E-state index contributed by atoms with van der Waals surface area (Å²) >= 11 is 0. The van der Waals surface area contributed by atoms with Crippen LogP contribution < -0.4 is 9.64 Å². The van der Waals surface area contributed by atoms with E-state index in [-0.39, 0.29) is 11.8 Å². The molecule has 2 aliphatic heterocycles. The Hall–Kier alpha value is -3.09. The van der Waals surface area contributed by atoms with Crippen molar-refractivity contribution < 1.29 is 14.3 Å². The molecule has 0 bridgehead atoms. The Labute approximate surface area is 190 Å². The molecule has 0 radical (unpaired) electrons. The molecule has 2 aliphatic rings. The fraction of sp³-hybridized carbons (Fsp3) is 0.480. The molecule has 0 spiro atoms. The minimum atomic E-state index is -0.0271. The third-order valence-electron chi connectivity index (χ3n) is 6.62. The third kappa shape index (κ3) is 5.21. The number of carbonyl (C=O) groups excluding carboxylic acids is 2. The van der Waals surface area contributed by atoms with Gasteiger partial charge in [-0.05, 0) is 49.4 Å². The van der Waals surface area contributed by atoms with Crippen molar-refractivity contribution in [2.24, 2.45) is 5.92 Å². The molecule has 0 N–H and O–H groups in total. The summed E-state index contributed by atoms with van der Waals surface area (Å²) in [5.41, 5.74) is 1.74. The van der Waals surface area contributed by atoms with E-state index in [0.717, 1.165) is 45.4 Å². The van der Waals surface area contributed by atoms with E-state index >= 15 is 0 Å². The minimum absolute atomic E-state index is 0.0271. The van der Waals surface area contributed by atoms with Crippen LogP contribution in [0.5, 0.6) is 5.88 Å². The van der Waals surface area contributed by atoms with Crippen molar-refractivity contribution in [1.82, 2.24) is 14.8 Å². The van der Waals surface area contributed by atoms with Gasteiger partial charge in [-0.15, -0.1) is 0 Å². The molecular formula is C25H32N4O3. The maximum atomic E-state index is 12.8. The highest BCUT2D eigenvalue weighted by molar-refractivity contribution is 5.96. The van der Waals surface area contributed by atoms with E-state index in [0.29, 0.717) is 36.9 Å². The summed E-state index contributed by atoms with van der Waals surface area (Å²) < 4.78 is 5.23. The van der Waals surface area contributed by atoms with Gasteiger partial charge in [-0.3, -0.25) is 9.59 Å². The first-order valence-corrected chi connectivity index (χ1v) is 11.5. The molecule has 0 aliphatic carbocycles. The number of hydrogen-bond donors (Lipinski definition) is 0. The second-order valence-electron chi connectivity index (χ2n) is 8.54. The fourth-order valence-electron chi connectivity index (χ4n) is 4.65. The summed E-state index contributed by atoms with van der Waals surface area (Å²) in [4.78, 5) is 35.9. The number of piperazine rings is 1. The molecule has 32 heavy (non-hydrogen) atoms. The number of pyridine rings is 1. The van der Waals surface area contributed by atoms with Crippen molar-refractivity contribution in [3.8, 4) is 5.88 Å². The average molecular weight is 437 g/mol. The van der Waals surface area contributed by atoms with Gasteiger partial charge in [0, 0.05) is 57.6 Å². The SMILES string of the molecule is COc1ncccc1C(=O)N1CCC(CCC(=O)N2CCN(c3ccccc3)CC2)CC1. The molecule has 0 atom stereocenters. The highest BCUT2D eigenvalue weighted by atomic mass is 16.5. The molecule has 3 heterocycles. The highest BCUT2D eigenvalue weighted by Crippen LogP contribution is 2.25.